The monoisotopic (exact) mass is 379 g/mol. The summed E-state index contributed by atoms with van der Waals surface area (Å²) in [7, 11) is 0. The zero-order chi connectivity index (χ0) is 20.0. The summed E-state index contributed by atoms with van der Waals surface area (Å²) in [5, 5.41) is 11.4. The molecule has 8 heteroatoms. The standard InChI is InChI=1S/C19H29N3O5/c1-5-6-14-26-17-15(8-7-9-16(17)22(24)25)20-10-12-21(13-11-20)18(23)27-19(2,3)4/h7-9H,5-6,10-14H2,1-4H3. The summed E-state index contributed by atoms with van der Waals surface area (Å²) in [6, 6.07) is 4.96. The molecule has 1 aromatic carbocycles. The number of hydrogen-bond donors (Lipinski definition) is 0. The Morgan fingerprint density at radius 2 is 1.89 bits per heavy atom. The molecule has 0 unspecified atom stereocenters. The molecule has 1 heterocycles. The molecule has 0 bridgehead atoms. The van der Waals surface area contributed by atoms with Gasteiger partial charge < -0.3 is 19.3 Å². The predicted octanol–water partition coefficient (Wildman–Crippen LogP) is 3.83. The van der Waals surface area contributed by atoms with Gasteiger partial charge in [-0.2, -0.15) is 0 Å². The lowest BCUT2D eigenvalue weighted by Gasteiger charge is -2.37. The van der Waals surface area contributed by atoms with E-state index >= 15 is 0 Å². The number of amides is 1. The second kappa shape index (κ2) is 8.92. The molecule has 2 rings (SSSR count). The molecule has 0 atom stereocenters. The highest BCUT2D eigenvalue weighted by atomic mass is 16.6. The molecule has 1 aliphatic heterocycles. The highest BCUT2D eigenvalue weighted by molar-refractivity contribution is 5.70. The molecule has 150 valence electrons. The maximum absolute atomic E-state index is 12.2. The van der Waals surface area contributed by atoms with E-state index in [-0.39, 0.29) is 11.8 Å². The number of nitrogens with zero attached hydrogens (tertiary/aromatic N) is 3. The van der Waals surface area contributed by atoms with Gasteiger partial charge in [0, 0.05) is 32.2 Å². The number of nitro groups is 1. The van der Waals surface area contributed by atoms with Crippen LogP contribution in [0.4, 0.5) is 16.2 Å². The molecule has 1 aliphatic rings. The first-order chi connectivity index (χ1) is 12.7. The highest BCUT2D eigenvalue weighted by Crippen LogP contribution is 2.38. The Kier molecular flexibility index (Phi) is 6.87. The number of hydrogen-bond acceptors (Lipinski definition) is 6. The van der Waals surface area contributed by atoms with Crippen LogP contribution in [-0.4, -0.2) is 54.3 Å². The molecule has 0 spiro atoms. The van der Waals surface area contributed by atoms with E-state index < -0.39 is 10.5 Å². The molecule has 0 aliphatic carbocycles. The third-order valence-electron chi connectivity index (χ3n) is 4.19. The van der Waals surface area contributed by atoms with Crippen molar-refractivity contribution in [2.45, 2.75) is 46.1 Å². The number of nitro benzene ring substituents is 1. The molecule has 0 aromatic heterocycles. The molecule has 8 nitrogen and oxygen atoms in total. The van der Waals surface area contributed by atoms with E-state index in [9.17, 15) is 14.9 Å². The topological polar surface area (TPSA) is 85.2 Å². The molecule has 1 aromatic rings. The van der Waals surface area contributed by atoms with Gasteiger partial charge in [-0.15, -0.1) is 0 Å². The first-order valence-electron chi connectivity index (χ1n) is 9.36. The van der Waals surface area contributed by atoms with Crippen molar-refractivity contribution in [3.63, 3.8) is 0 Å². The Morgan fingerprint density at radius 1 is 1.22 bits per heavy atom. The van der Waals surface area contributed by atoms with Gasteiger partial charge in [-0.25, -0.2) is 4.79 Å². The van der Waals surface area contributed by atoms with Crippen molar-refractivity contribution >= 4 is 17.5 Å². The lowest BCUT2D eigenvalue weighted by atomic mass is 10.2. The van der Waals surface area contributed by atoms with Gasteiger partial charge in [0.15, 0.2) is 0 Å². The fraction of sp³-hybridized carbons (Fsp3) is 0.632. The second-order valence-corrected chi connectivity index (χ2v) is 7.54. The van der Waals surface area contributed by atoms with E-state index in [1.807, 2.05) is 38.7 Å². The molecule has 1 saturated heterocycles. The van der Waals surface area contributed by atoms with Gasteiger partial charge in [-0.05, 0) is 33.3 Å². The minimum absolute atomic E-state index is 0.0295. The van der Waals surface area contributed by atoms with Crippen LogP contribution in [0.25, 0.3) is 0 Å². The van der Waals surface area contributed by atoms with E-state index in [0.717, 1.165) is 12.8 Å². The van der Waals surface area contributed by atoms with Crippen LogP contribution in [0, 0.1) is 10.1 Å². The molecule has 0 radical (unpaired) electrons. The van der Waals surface area contributed by atoms with Gasteiger partial charge in [0.1, 0.15) is 5.60 Å². The molecular weight excluding hydrogens is 350 g/mol. The number of carbonyl (C=O) groups is 1. The lowest BCUT2D eigenvalue weighted by Crippen LogP contribution is -2.50. The quantitative estimate of drug-likeness (QED) is 0.424. The average Bonchev–Trinajstić information content (AvgIpc) is 2.60. The van der Waals surface area contributed by atoms with Gasteiger partial charge >= 0.3 is 11.8 Å². The van der Waals surface area contributed by atoms with Crippen molar-refractivity contribution in [1.29, 1.82) is 0 Å². The Labute approximate surface area is 160 Å². The summed E-state index contributed by atoms with van der Waals surface area (Å²) < 4.78 is 11.2. The van der Waals surface area contributed by atoms with Gasteiger partial charge in [0.25, 0.3) is 0 Å². The summed E-state index contributed by atoms with van der Waals surface area (Å²) >= 11 is 0. The van der Waals surface area contributed by atoms with Crippen LogP contribution >= 0.6 is 0 Å². The Bertz CT molecular complexity index is 664. The number of para-hydroxylation sites is 1. The van der Waals surface area contributed by atoms with Gasteiger partial charge in [0.2, 0.25) is 5.75 Å². The molecule has 27 heavy (non-hydrogen) atoms. The van der Waals surface area contributed by atoms with E-state index in [1.54, 1.807) is 11.0 Å². The Hall–Kier alpha value is -2.51. The van der Waals surface area contributed by atoms with Crippen molar-refractivity contribution < 1.29 is 19.2 Å². The largest absolute Gasteiger partial charge is 0.485 e. The van der Waals surface area contributed by atoms with Crippen LogP contribution in [0.3, 0.4) is 0 Å². The predicted molar refractivity (Wildman–Crippen MR) is 104 cm³/mol. The smallest absolute Gasteiger partial charge is 0.410 e. The van der Waals surface area contributed by atoms with Crippen molar-refractivity contribution in [3.05, 3.63) is 28.3 Å². The molecule has 1 fully saturated rings. The maximum atomic E-state index is 12.2. The summed E-state index contributed by atoms with van der Waals surface area (Å²) in [5.74, 6) is 0.307. The van der Waals surface area contributed by atoms with Crippen LogP contribution in [0.5, 0.6) is 5.75 Å². The SMILES string of the molecule is CCCCOc1c(N2CCN(C(=O)OC(C)(C)C)CC2)cccc1[N+](=O)[O-]. The zero-order valence-corrected chi connectivity index (χ0v) is 16.6. The van der Waals surface area contributed by atoms with E-state index in [2.05, 4.69) is 0 Å². The lowest BCUT2D eigenvalue weighted by molar-refractivity contribution is -0.385. The zero-order valence-electron chi connectivity index (χ0n) is 16.6. The Morgan fingerprint density at radius 3 is 2.44 bits per heavy atom. The highest BCUT2D eigenvalue weighted by Gasteiger charge is 2.29. The fourth-order valence-electron chi connectivity index (χ4n) is 2.83. The Balaban J connectivity index is 2.11. The third kappa shape index (κ3) is 5.74. The third-order valence-corrected chi connectivity index (χ3v) is 4.19. The van der Waals surface area contributed by atoms with Crippen molar-refractivity contribution in [2.75, 3.05) is 37.7 Å². The fourth-order valence-corrected chi connectivity index (χ4v) is 2.83. The number of carbonyl (C=O) groups excluding carboxylic acids is 1. The van der Waals surface area contributed by atoms with Crippen molar-refractivity contribution in [1.82, 2.24) is 4.90 Å². The summed E-state index contributed by atoms with van der Waals surface area (Å²) in [4.78, 5) is 26.9. The van der Waals surface area contributed by atoms with Gasteiger partial charge in [-0.3, -0.25) is 10.1 Å². The van der Waals surface area contributed by atoms with Crippen LogP contribution in [-0.2, 0) is 4.74 Å². The minimum Gasteiger partial charge on any atom is -0.485 e. The first-order valence-corrected chi connectivity index (χ1v) is 9.36. The maximum Gasteiger partial charge on any atom is 0.410 e. The molecule has 1 amide bonds. The van der Waals surface area contributed by atoms with Crippen LogP contribution in [0.15, 0.2) is 18.2 Å². The number of ether oxygens (including phenoxy) is 2. The van der Waals surface area contributed by atoms with Gasteiger partial charge in [-0.1, -0.05) is 19.4 Å². The molecule has 0 N–H and O–H groups in total. The van der Waals surface area contributed by atoms with Crippen LogP contribution in [0.2, 0.25) is 0 Å². The van der Waals surface area contributed by atoms with Gasteiger partial charge in [0.05, 0.1) is 17.2 Å². The minimum atomic E-state index is -0.533. The molecule has 0 saturated carbocycles. The van der Waals surface area contributed by atoms with Crippen LogP contribution < -0.4 is 9.64 Å². The van der Waals surface area contributed by atoms with Crippen molar-refractivity contribution in [3.8, 4) is 5.75 Å². The normalized spacial score (nSPS) is 14.8. The number of rotatable bonds is 6. The summed E-state index contributed by atoms with van der Waals surface area (Å²) in [5.41, 5.74) is 0.136. The van der Waals surface area contributed by atoms with E-state index in [1.165, 1.54) is 6.07 Å². The van der Waals surface area contributed by atoms with Crippen LogP contribution in [0.1, 0.15) is 40.5 Å². The second-order valence-electron chi connectivity index (χ2n) is 7.54. The number of unbranched alkanes of at least 4 members (excludes halogenated alkanes) is 1. The summed E-state index contributed by atoms with van der Waals surface area (Å²) in [6.45, 7) is 10.1. The summed E-state index contributed by atoms with van der Waals surface area (Å²) in [6.07, 6.45) is 1.45. The van der Waals surface area contributed by atoms with E-state index in [0.29, 0.717) is 44.2 Å². The van der Waals surface area contributed by atoms with Crippen molar-refractivity contribution in [2.24, 2.45) is 0 Å². The van der Waals surface area contributed by atoms with E-state index in [4.69, 9.17) is 9.47 Å². The number of anilines is 1. The number of piperazine rings is 1. The molecular formula is C19H29N3O5. The first kappa shape index (κ1) is 20.8. The average molecular weight is 379 g/mol. The number of benzene rings is 1.